The normalized spacial score (nSPS) is 34.7. The van der Waals surface area contributed by atoms with E-state index in [0.29, 0.717) is 0 Å². The SMILES string of the molecule is CO[C@@]12[C@H](COC(N)=O)C3=C(C(=O)C(CSCC(O)CO)C4(OCCO4)C3=O)N1C[C@H]1[C@@H]2N1C(C)=O. The first kappa shape index (κ1) is 25.4. The lowest BCUT2D eigenvalue weighted by atomic mass is 9.76. The molecule has 198 valence electrons. The summed E-state index contributed by atoms with van der Waals surface area (Å²) >= 11 is 1.20. The number of hydrogen-bond donors (Lipinski definition) is 3. The molecule has 5 aliphatic rings. The van der Waals surface area contributed by atoms with Gasteiger partial charge in [-0.15, -0.1) is 0 Å². The summed E-state index contributed by atoms with van der Waals surface area (Å²) in [4.78, 5) is 55.3. The van der Waals surface area contributed by atoms with Crippen LogP contribution in [0.2, 0.25) is 0 Å². The molecule has 6 atom stereocenters. The Bertz CT molecular complexity index is 1030. The zero-order valence-electron chi connectivity index (χ0n) is 19.9. The van der Waals surface area contributed by atoms with Gasteiger partial charge in [-0.05, 0) is 0 Å². The van der Waals surface area contributed by atoms with Crippen molar-refractivity contribution in [3.05, 3.63) is 11.3 Å². The molecular weight excluding hydrogens is 498 g/mol. The number of nitrogens with two attached hydrogens (primary N) is 1. The van der Waals surface area contributed by atoms with Crippen molar-refractivity contribution in [2.24, 2.45) is 17.6 Å². The van der Waals surface area contributed by atoms with Crippen molar-refractivity contribution in [3.8, 4) is 0 Å². The third-order valence-electron chi connectivity index (χ3n) is 7.69. The van der Waals surface area contributed by atoms with Crippen LogP contribution in [-0.4, -0.2) is 125 Å². The summed E-state index contributed by atoms with van der Waals surface area (Å²) in [5.74, 6) is -4.68. The molecule has 3 fully saturated rings. The van der Waals surface area contributed by atoms with E-state index >= 15 is 0 Å². The first-order chi connectivity index (χ1) is 17.2. The third kappa shape index (κ3) is 3.35. The van der Waals surface area contributed by atoms with E-state index in [9.17, 15) is 24.3 Å². The number of rotatable bonds is 8. The quantitative estimate of drug-likeness (QED) is 0.291. The second-order valence-electron chi connectivity index (χ2n) is 9.43. The summed E-state index contributed by atoms with van der Waals surface area (Å²) in [6, 6.07) is -0.681. The van der Waals surface area contributed by atoms with Gasteiger partial charge in [-0.3, -0.25) is 14.4 Å². The van der Waals surface area contributed by atoms with E-state index in [2.05, 4.69) is 0 Å². The summed E-state index contributed by atoms with van der Waals surface area (Å²) in [7, 11) is 1.43. The molecule has 4 aliphatic heterocycles. The molecule has 2 unspecified atom stereocenters. The Morgan fingerprint density at radius 1 is 1.28 bits per heavy atom. The van der Waals surface area contributed by atoms with Crippen LogP contribution in [0.5, 0.6) is 0 Å². The number of ether oxygens (including phenoxy) is 4. The van der Waals surface area contributed by atoms with Crippen LogP contribution in [0, 0.1) is 11.8 Å². The van der Waals surface area contributed by atoms with Crippen molar-refractivity contribution in [2.45, 2.75) is 36.6 Å². The first-order valence-electron chi connectivity index (χ1n) is 11.7. The van der Waals surface area contributed by atoms with E-state index in [1.54, 1.807) is 9.80 Å². The summed E-state index contributed by atoms with van der Waals surface area (Å²) in [5, 5.41) is 18.9. The number of aliphatic hydroxyl groups is 2. The van der Waals surface area contributed by atoms with Crippen molar-refractivity contribution in [1.82, 2.24) is 9.80 Å². The number of primary amides is 1. The number of carbonyl (C=O) groups excluding carboxylic acids is 4. The maximum absolute atomic E-state index is 14.1. The largest absolute Gasteiger partial charge is 0.449 e. The van der Waals surface area contributed by atoms with Crippen molar-refractivity contribution in [3.63, 3.8) is 0 Å². The first-order valence-corrected chi connectivity index (χ1v) is 12.8. The highest BCUT2D eigenvalue weighted by Gasteiger charge is 2.79. The Labute approximate surface area is 210 Å². The molecule has 0 saturated carbocycles. The minimum Gasteiger partial charge on any atom is -0.449 e. The molecular formula is C22H29N3O10S. The molecule has 36 heavy (non-hydrogen) atoms. The van der Waals surface area contributed by atoms with E-state index < -0.39 is 59.8 Å². The highest BCUT2D eigenvalue weighted by Crippen LogP contribution is 2.61. The molecule has 0 aromatic heterocycles. The smallest absolute Gasteiger partial charge is 0.404 e. The fraction of sp³-hybridized carbons (Fsp3) is 0.727. The molecule has 4 N–H and O–H groups in total. The van der Waals surface area contributed by atoms with Crippen LogP contribution in [0.4, 0.5) is 4.79 Å². The highest BCUT2D eigenvalue weighted by atomic mass is 32.2. The van der Waals surface area contributed by atoms with E-state index in [1.807, 2.05) is 0 Å². The molecule has 13 nitrogen and oxygen atoms in total. The molecule has 1 spiro atoms. The Morgan fingerprint density at radius 3 is 2.56 bits per heavy atom. The van der Waals surface area contributed by atoms with Gasteiger partial charge in [-0.25, -0.2) is 4.79 Å². The van der Waals surface area contributed by atoms with Gasteiger partial charge >= 0.3 is 6.09 Å². The van der Waals surface area contributed by atoms with Gasteiger partial charge in [-0.1, -0.05) is 0 Å². The number of allylic oxidation sites excluding steroid dienone is 1. The number of aliphatic hydroxyl groups excluding tert-OH is 2. The molecule has 0 bridgehead atoms. The highest BCUT2D eigenvalue weighted by molar-refractivity contribution is 7.99. The summed E-state index contributed by atoms with van der Waals surface area (Å²) < 4.78 is 22.8. The lowest BCUT2D eigenvalue weighted by Crippen LogP contribution is -2.56. The number of Topliss-reactive ketones (excluding diaryl/α,β-unsaturated/α-hetero) is 2. The van der Waals surface area contributed by atoms with Gasteiger partial charge in [0.05, 0.1) is 49.5 Å². The van der Waals surface area contributed by atoms with Crippen LogP contribution in [0.15, 0.2) is 11.3 Å². The van der Waals surface area contributed by atoms with Crippen molar-refractivity contribution >= 4 is 35.3 Å². The van der Waals surface area contributed by atoms with Crippen LogP contribution in [0.25, 0.3) is 0 Å². The maximum atomic E-state index is 14.1. The van der Waals surface area contributed by atoms with Crippen molar-refractivity contribution in [2.75, 3.05) is 51.6 Å². The fourth-order valence-corrected chi connectivity index (χ4v) is 7.44. The van der Waals surface area contributed by atoms with Crippen LogP contribution in [0.1, 0.15) is 6.92 Å². The Kier molecular flexibility index (Phi) is 6.32. The molecule has 0 aromatic rings. The Morgan fingerprint density at radius 2 is 1.97 bits per heavy atom. The van der Waals surface area contributed by atoms with Crippen LogP contribution in [0.3, 0.4) is 0 Å². The summed E-state index contributed by atoms with van der Waals surface area (Å²) in [6.07, 6.45) is -2.03. The predicted octanol–water partition coefficient (Wildman–Crippen LogP) is -2.18. The van der Waals surface area contributed by atoms with E-state index in [1.165, 1.54) is 25.8 Å². The number of piperazine rings is 1. The minimum atomic E-state index is -1.87. The molecule has 1 aliphatic carbocycles. The van der Waals surface area contributed by atoms with Gasteiger partial charge in [0.15, 0.2) is 11.5 Å². The van der Waals surface area contributed by atoms with Gasteiger partial charge in [0.2, 0.25) is 17.5 Å². The average molecular weight is 528 g/mol. The van der Waals surface area contributed by atoms with Crippen molar-refractivity contribution in [1.29, 1.82) is 0 Å². The van der Waals surface area contributed by atoms with E-state index in [0.717, 1.165) is 0 Å². The minimum absolute atomic E-state index is 0.0792. The zero-order chi connectivity index (χ0) is 26.0. The number of methoxy groups -OCH3 is 1. The molecule has 5 rings (SSSR count). The number of nitrogens with zero attached hydrogens (tertiary/aromatic N) is 2. The Balaban J connectivity index is 1.57. The van der Waals surface area contributed by atoms with Crippen LogP contribution < -0.4 is 5.73 Å². The lowest BCUT2D eigenvalue weighted by molar-refractivity contribution is -0.197. The van der Waals surface area contributed by atoms with E-state index in [4.69, 9.17) is 29.8 Å². The van der Waals surface area contributed by atoms with Gasteiger partial charge in [0, 0.05) is 37.7 Å². The van der Waals surface area contributed by atoms with Crippen LogP contribution in [-0.2, 0) is 33.3 Å². The van der Waals surface area contributed by atoms with E-state index in [-0.39, 0.29) is 61.1 Å². The van der Waals surface area contributed by atoms with Gasteiger partial charge in [0.1, 0.15) is 12.6 Å². The second-order valence-corrected chi connectivity index (χ2v) is 10.5. The monoisotopic (exact) mass is 527 g/mol. The topological polar surface area (TPSA) is 178 Å². The number of thioether (sulfide) groups is 1. The number of carbonyl (C=O) groups is 4. The van der Waals surface area contributed by atoms with Crippen molar-refractivity contribution < 1.29 is 48.3 Å². The Hall–Kier alpha value is -2.23. The molecule has 3 saturated heterocycles. The zero-order valence-corrected chi connectivity index (χ0v) is 20.7. The lowest BCUT2D eigenvalue weighted by Gasteiger charge is -2.41. The molecule has 0 radical (unpaired) electrons. The molecule has 4 heterocycles. The number of ketones is 2. The van der Waals surface area contributed by atoms with Gasteiger partial charge in [0.25, 0.3) is 0 Å². The van der Waals surface area contributed by atoms with Gasteiger partial charge < -0.3 is 44.7 Å². The average Bonchev–Trinajstić information content (AvgIpc) is 3.13. The summed E-state index contributed by atoms with van der Waals surface area (Å²) in [5.41, 5.74) is 4.15. The maximum Gasteiger partial charge on any atom is 0.404 e. The number of hydrogen-bond acceptors (Lipinski definition) is 12. The fourth-order valence-electron chi connectivity index (χ4n) is 6.32. The van der Waals surface area contributed by atoms with Crippen LogP contribution >= 0.6 is 11.8 Å². The number of amides is 2. The number of fused-ring (bicyclic) bond motifs is 4. The molecule has 14 heteroatoms. The predicted molar refractivity (Wildman–Crippen MR) is 121 cm³/mol. The second kappa shape index (κ2) is 8.96. The molecule has 0 aromatic carbocycles. The molecule has 2 amide bonds. The standard InChI is InChI=1S/C22H29N3O10S/c1-10(27)25-14-5-24-16-15(12(7-33-20(23)31)21(24,32-2)18(14)25)19(30)22(34-3-4-35-22)13(17(16)29)9-36-8-11(28)6-26/h11-14,18,26,28H,3-9H2,1-2H3,(H2,23,31)/t11?,12-,13?,14+,18+,21-,25?/m1/s1. The third-order valence-corrected chi connectivity index (χ3v) is 8.88. The van der Waals surface area contributed by atoms with Gasteiger partial charge in [-0.2, -0.15) is 11.8 Å². The summed E-state index contributed by atoms with van der Waals surface area (Å²) in [6.45, 7) is 1.13.